The van der Waals surface area contributed by atoms with Gasteiger partial charge >= 0.3 is 0 Å². The first kappa shape index (κ1) is 16.2. The molecule has 5 heteroatoms. The second-order valence-electron chi connectivity index (χ2n) is 6.50. The maximum Gasteiger partial charge on any atom is 0.136 e. The van der Waals surface area contributed by atoms with Crippen LogP contribution in [0.15, 0.2) is 47.2 Å². The van der Waals surface area contributed by atoms with Gasteiger partial charge in [0.25, 0.3) is 0 Å². The fourth-order valence-electron chi connectivity index (χ4n) is 3.03. The molecule has 1 aliphatic rings. The van der Waals surface area contributed by atoms with Gasteiger partial charge in [-0.2, -0.15) is 0 Å². The van der Waals surface area contributed by atoms with Crippen LogP contribution in [-0.4, -0.2) is 40.7 Å². The predicted octanol–water partition coefficient (Wildman–Crippen LogP) is 2.14. The first-order chi connectivity index (χ1) is 11.1. The van der Waals surface area contributed by atoms with E-state index >= 15 is 0 Å². The molecule has 1 saturated heterocycles. The Bertz CT molecular complexity index is 576. The second kappa shape index (κ2) is 7.25. The van der Waals surface area contributed by atoms with E-state index in [1.165, 1.54) is 0 Å². The summed E-state index contributed by atoms with van der Waals surface area (Å²) in [5, 5.41) is 14.0. The van der Waals surface area contributed by atoms with Gasteiger partial charge < -0.3 is 14.8 Å². The molecule has 5 nitrogen and oxygen atoms in total. The summed E-state index contributed by atoms with van der Waals surface area (Å²) in [4.78, 5) is 6.82. The minimum atomic E-state index is -0.964. The zero-order valence-electron chi connectivity index (χ0n) is 13.6. The predicted molar refractivity (Wildman–Crippen MR) is 88.8 cm³/mol. The number of aliphatic hydroxyl groups is 1. The third kappa shape index (κ3) is 4.41. The van der Waals surface area contributed by atoms with Crippen molar-refractivity contribution in [3.8, 4) is 0 Å². The van der Waals surface area contributed by atoms with Gasteiger partial charge in [0.05, 0.1) is 12.0 Å². The molecule has 23 heavy (non-hydrogen) atoms. The summed E-state index contributed by atoms with van der Waals surface area (Å²) in [6, 6.07) is 10.1. The number of nitrogens with zero attached hydrogens (tertiary/aromatic N) is 2. The first-order valence-electron chi connectivity index (χ1n) is 8.25. The number of nitrogens with one attached hydrogen (secondary N) is 1. The summed E-state index contributed by atoms with van der Waals surface area (Å²) in [6.07, 6.45) is 5.61. The van der Waals surface area contributed by atoms with Gasteiger partial charge in [-0.05, 0) is 44.0 Å². The SMILES string of the molecule is CC(O)(CNC1CCN(Cc2ccccn2)CC1)c1ccco1. The Morgan fingerprint density at radius 3 is 2.78 bits per heavy atom. The molecule has 2 N–H and O–H groups in total. The standard InChI is InChI=1S/C18H25N3O2/c1-18(22,17-6-4-12-23-17)14-20-15-7-10-21(11-8-15)13-16-5-2-3-9-19-16/h2-6,9,12,15,20,22H,7-8,10-11,13-14H2,1H3. The molecule has 1 unspecified atom stereocenters. The number of pyridine rings is 1. The molecular weight excluding hydrogens is 290 g/mol. The number of aromatic nitrogens is 1. The highest BCUT2D eigenvalue weighted by molar-refractivity contribution is 5.08. The van der Waals surface area contributed by atoms with Crippen molar-refractivity contribution in [1.29, 1.82) is 0 Å². The molecule has 2 aromatic heterocycles. The third-order valence-corrected chi connectivity index (χ3v) is 4.49. The molecule has 1 fully saturated rings. The van der Waals surface area contributed by atoms with Crippen LogP contribution in [0.2, 0.25) is 0 Å². The van der Waals surface area contributed by atoms with Gasteiger partial charge in [-0.25, -0.2) is 0 Å². The van der Waals surface area contributed by atoms with Gasteiger partial charge in [-0.3, -0.25) is 9.88 Å². The van der Waals surface area contributed by atoms with Crippen molar-refractivity contribution in [2.75, 3.05) is 19.6 Å². The monoisotopic (exact) mass is 315 g/mol. The number of piperidine rings is 1. The first-order valence-corrected chi connectivity index (χ1v) is 8.25. The number of furan rings is 1. The molecular formula is C18H25N3O2. The largest absolute Gasteiger partial charge is 0.466 e. The van der Waals surface area contributed by atoms with Crippen molar-refractivity contribution in [3.63, 3.8) is 0 Å². The van der Waals surface area contributed by atoms with Crippen LogP contribution >= 0.6 is 0 Å². The quantitative estimate of drug-likeness (QED) is 0.855. The average Bonchev–Trinajstić information content (AvgIpc) is 3.11. The molecule has 0 aromatic carbocycles. The zero-order valence-corrected chi connectivity index (χ0v) is 13.6. The smallest absolute Gasteiger partial charge is 0.136 e. The summed E-state index contributed by atoms with van der Waals surface area (Å²) < 4.78 is 5.32. The van der Waals surface area contributed by atoms with E-state index in [-0.39, 0.29) is 0 Å². The van der Waals surface area contributed by atoms with Crippen LogP contribution in [0.4, 0.5) is 0 Å². The normalized spacial score (nSPS) is 19.6. The number of rotatable bonds is 6. The highest BCUT2D eigenvalue weighted by Crippen LogP contribution is 2.21. The summed E-state index contributed by atoms with van der Waals surface area (Å²) in [5.41, 5.74) is 0.161. The van der Waals surface area contributed by atoms with E-state index in [0.717, 1.165) is 38.2 Å². The van der Waals surface area contributed by atoms with Gasteiger partial charge in [0.1, 0.15) is 11.4 Å². The molecule has 3 heterocycles. The summed E-state index contributed by atoms with van der Waals surface area (Å²) in [6.45, 7) is 5.31. The molecule has 124 valence electrons. The lowest BCUT2D eigenvalue weighted by molar-refractivity contribution is 0.0287. The highest BCUT2D eigenvalue weighted by atomic mass is 16.4. The molecule has 0 bridgehead atoms. The van der Waals surface area contributed by atoms with Crippen LogP contribution in [0.25, 0.3) is 0 Å². The average molecular weight is 315 g/mol. The minimum absolute atomic E-state index is 0.441. The van der Waals surface area contributed by atoms with E-state index in [0.29, 0.717) is 18.3 Å². The van der Waals surface area contributed by atoms with E-state index in [1.807, 2.05) is 24.4 Å². The molecule has 0 spiro atoms. The van der Waals surface area contributed by atoms with Crippen molar-refractivity contribution >= 4 is 0 Å². The lowest BCUT2D eigenvalue weighted by Crippen LogP contribution is -2.46. The zero-order chi connectivity index (χ0) is 16.1. The molecule has 1 atom stereocenters. The summed E-state index contributed by atoms with van der Waals surface area (Å²) in [5.74, 6) is 0.609. The van der Waals surface area contributed by atoms with Gasteiger partial charge in [-0.15, -0.1) is 0 Å². The van der Waals surface area contributed by atoms with Gasteiger partial charge in [0, 0.05) is 38.4 Å². The summed E-state index contributed by atoms with van der Waals surface area (Å²) in [7, 11) is 0. The summed E-state index contributed by atoms with van der Waals surface area (Å²) >= 11 is 0. The number of hydrogen-bond acceptors (Lipinski definition) is 5. The molecule has 2 aromatic rings. The van der Waals surface area contributed by atoms with E-state index in [1.54, 1.807) is 19.3 Å². The number of likely N-dealkylation sites (tertiary alicyclic amines) is 1. The van der Waals surface area contributed by atoms with Crippen LogP contribution in [0.1, 0.15) is 31.2 Å². The molecule has 3 rings (SSSR count). The molecule has 0 aliphatic carbocycles. The topological polar surface area (TPSA) is 61.5 Å². The molecule has 0 amide bonds. The van der Waals surface area contributed by atoms with Gasteiger partial charge in [0.15, 0.2) is 0 Å². The minimum Gasteiger partial charge on any atom is -0.466 e. The lowest BCUT2D eigenvalue weighted by Gasteiger charge is -2.33. The van der Waals surface area contributed by atoms with Crippen LogP contribution in [0.3, 0.4) is 0 Å². The maximum absolute atomic E-state index is 10.5. The Labute approximate surface area is 137 Å². The van der Waals surface area contributed by atoms with Crippen LogP contribution in [0.5, 0.6) is 0 Å². The van der Waals surface area contributed by atoms with Crippen LogP contribution < -0.4 is 5.32 Å². The molecule has 1 aliphatic heterocycles. The Kier molecular flexibility index (Phi) is 5.10. The van der Waals surface area contributed by atoms with Crippen molar-refractivity contribution in [2.24, 2.45) is 0 Å². The van der Waals surface area contributed by atoms with E-state index in [4.69, 9.17) is 4.42 Å². The van der Waals surface area contributed by atoms with Gasteiger partial charge in [-0.1, -0.05) is 6.07 Å². The Balaban J connectivity index is 1.43. The second-order valence-corrected chi connectivity index (χ2v) is 6.50. The molecule has 0 radical (unpaired) electrons. The van der Waals surface area contributed by atoms with E-state index in [9.17, 15) is 5.11 Å². The number of hydrogen-bond donors (Lipinski definition) is 2. The Morgan fingerprint density at radius 1 is 1.30 bits per heavy atom. The van der Waals surface area contributed by atoms with Crippen LogP contribution in [0, 0.1) is 0 Å². The maximum atomic E-state index is 10.5. The lowest BCUT2D eigenvalue weighted by atomic mass is 10.0. The fourth-order valence-corrected chi connectivity index (χ4v) is 3.03. The third-order valence-electron chi connectivity index (χ3n) is 4.49. The highest BCUT2D eigenvalue weighted by Gasteiger charge is 2.28. The van der Waals surface area contributed by atoms with Crippen molar-refractivity contribution < 1.29 is 9.52 Å². The Morgan fingerprint density at radius 2 is 2.13 bits per heavy atom. The van der Waals surface area contributed by atoms with E-state index < -0.39 is 5.60 Å². The van der Waals surface area contributed by atoms with E-state index in [2.05, 4.69) is 21.3 Å². The van der Waals surface area contributed by atoms with Crippen molar-refractivity contribution in [1.82, 2.24) is 15.2 Å². The fraction of sp³-hybridized carbons (Fsp3) is 0.500. The van der Waals surface area contributed by atoms with Crippen LogP contribution in [-0.2, 0) is 12.1 Å². The van der Waals surface area contributed by atoms with Crippen molar-refractivity contribution in [2.45, 2.75) is 38.0 Å². The molecule has 0 saturated carbocycles. The van der Waals surface area contributed by atoms with Crippen molar-refractivity contribution in [3.05, 3.63) is 54.2 Å². The Hall–Kier alpha value is -1.69. The van der Waals surface area contributed by atoms with Gasteiger partial charge in [0.2, 0.25) is 0 Å².